The van der Waals surface area contributed by atoms with Crippen LogP contribution >= 0.6 is 0 Å². The number of alkyl halides is 3. The number of hydrogen-bond acceptors (Lipinski definition) is 3. The molecule has 0 heterocycles. The number of unbranched alkanes of at least 4 members (excludes halogenated alkanes) is 8. The van der Waals surface area contributed by atoms with Gasteiger partial charge in [-0.3, -0.25) is 4.18 Å². The highest BCUT2D eigenvalue weighted by atomic mass is 32.2. The second-order valence-electron chi connectivity index (χ2n) is 10.3. The van der Waals surface area contributed by atoms with Crippen LogP contribution in [0.1, 0.15) is 144 Å². The molecular weight excluding hydrogens is 437 g/mol. The molecule has 0 saturated carbocycles. The maximum Gasteiger partial charge on any atom is 0.523 e. The van der Waals surface area contributed by atoms with Gasteiger partial charge in [0.25, 0.3) is 0 Å². The van der Waals surface area contributed by atoms with E-state index in [0.29, 0.717) is 43.9 Å². The maximum atomic E-state index is 13.0. The van der Waals surface area contributed by atoms with Crippen molar-refractivity contribution in [1.82, 2.24) is 0 Å². The zero-order valence-corrected chi connectivity index (χ0v) is 22.1. The Morgan fingerprint density at radius 1 is 0.594 bits per heavy atom. The van der Waals surface area contributed by atoms with Gasteiger partial charge in [0, 0.05) is 0 Å². The Morgan fingerprint density at radius 3 is 1.38 bits per heavy atom. The van der Waals surface area contributed by atoms with Crippen LogP contribution in [-0.2, 0) is 14.3 Å². The van der Waals surface area contributed by atoms with Crippen LogP contribution in [0.3, 0.4) is 0 Å². The van der Waals surface area contributed by atoms with Crippen molar-refractivity contribution >= 4 is 10.1 Å². The van der Waals surface area contributed by atoms with Crippen molar-refractivity contribution in [3.8, 4) is 0 Å². The largest absolute Gasteiger partial charge is 0.523 e. The molecular formula is C25H49F3O3S. The Morgan fingerprint density at radius 2 is 0.938 bits per heavy atom. The van der Waals surface area contributed by atoms with Crippen LogP contribution in [-0.4, -0.2) is 19.5 Å². The van der Waals surface area contributed by atoms with E-state index in [0.717, 1.165) is 32.1 Å². The fraction of sp³-hybridized carbons (Fsp3) is 1.00. The molecule has 0 aliphatic carbocycles. The lowest BCUT2D eigenvalue weighted by Gasteiger charge is -2.33. The van der Waals surface area contributed by atoms with E-state index >= 15 is 0 Å². The quantitative estimate of drug-likeness (QED) is 0.0978. The van der Waals surface area contributed by atoms with E-state index in [-0.39, 0.29) is 0 Å². The Kier molecular flexibility index (Phi) is 15.4. The molecule has 194 valence electrons. The summed E-state index contributed by atoms with van der Waals surface area (Å²) in [7, 11) is -5.59. The van der Waals surface area contributed by atoms with Crippen molar-refractivity contribution < 1.29 is 25.8 Å². The summed E-state index contributed by atoms with van der Waals surface area (Å²) in [5, 5.41) is 0. The molecule has 7 heteroatoms. The average Bonchev–Trinajstić information content (AvgIpc) is 2.70. The Labute approximate surface area is 196 Å². The maximum absolute atomic E-state index is 13.0. The van der Waals surface area contributed by atoms with Gasteiger partial charge in [-0.15, -0.1) is 0 Å². The number of hydrogen-bond donors (Lipinski definition) is 0. The highest BCUT2D eigenvalue weighted by Gasteiger charge is 2.51. The molecule has 0 amide bonds. The van der Waals surface area contributed by atoms with Gasteiger partial charge in [-0.25, -0.2) is 0 Å². The third-order valence-corrected chi connectivity index (χ3v) is 7.62. The topological polar surface area (TPSA) is 43.4 Å². The monoisotopic (exact) mass is 486 g/mol. The van der Waals surface area contributed by atoms with Crippen LogP contribution < -0.4 is 0 Å². The van der Waals surface area contributed by atoms with Crippen LogP contribution in [0.2, 0.25) is 0 Å². The lowest BCUT2D eigenvalue weighted by atomic mass is 9.82. The van der Waals surface area contributed by atoms with Crippen LogP contribution in [0.5, 0.6) is 0 Å². The molecule has 0 saturated heterocycles. The first kappa shape index (κ1) is 31.7. The van der Waals surface area contributed by atoms with Crippen LogP contribution in [0.25, 0.3) is 0 Å². The predicted molar refractivity (Wildman–Crippen MR) is 128 cm³/mol. The lowest BCUT2D eigenvalue weighted by Crippen LogP contribution is -2.40. The standard InChI is InChI=1S/C25H49F3O3S/c1-6-9-18-23(4,5)19-16-14-12-13-15-17-22-24(20-10-7-2,21-11-8-3)31-32(29,30)25(26,27)28/h6-22H2,1-5H3. The second-order valence-corrected chi connectivity index (χ2v) is 11.8. The minimum Gasteiger partial charge on any atom is -0.257 e. The Bertz CT molecular complexity index is 563. The number of rotatable bonds is 20. The molecule has 0 unspecified atom stereocenters. The van der Waals surface area contributed by atoms with Gasteiger partial charge in [0.1, 0.15) is 0 Å². The van der Waals surface area contributed by atoms with Crippen LogP contribution in [0.4, 0.5) is 13.2 Å². The Hall–Kier alpha value is -0.300. The van der Waals surface area contributed by atoms with E-state index in [1.807, 2.05) is 13.8 Å². The minimum atomic E-state index is -5.59. The summed E-state index contributed by atoms with van der Waals surface area (Å²) >= 11 is 0. The van der Waals surface area contributed by atoms with Gasteiger partial charge in [-0.2, -0.15) is 21.6 Å². The highest BCUT2D eigenvalue weighted by Crippen LogP contribution is 2.38. The Balaban J connectivity index is 4.68. The molecule has 0 fully saturated rings. The summed E-state index contributed by atoms with van der Waals surface area (Å²) in [5.41, 5.74) is -6.21. The third-order valence-electron chi connectivity index (χ3n) is 6.48. The van der Waals surface area contributed by atoms with Gasteiger partial charge >= 0.3 is 15.6 Å². The molecule has 3 nitrogen and oxygen atoms in total. The van der Waals surface area contributed by atoms with E-state index in [1.165, 1.54) is 38.5 Å². The van der Waals surface area contributed by atoms with E-state index in [1.54, 1.807) is 0 Å². The first-order valence-electron chi connectivity index (χ1n) is 12.9. The molecule has 0 atom stereocenters. The normalized spacial score (nSPS) is 13.6. The molecule has 32 heavy (non-hydrogen) atoms. The van der Waals surface area contributed by atoms with E-state index < -0.39 is 21.2 Å². The second kappa shape index (κ2) is 15.6. The summed E-state index contributed by atoms with van der Waals surface area (Å²) in [6.45, 7) is 10.8. The molecule has 0 spiro atoms. The van der Waals surface area contributed by atoms with Gasteiger partial charge in [-0.1, -0.05) is 112 Å². The van der Waals surface area contributed by atoms with Crippen molar-refractivity contribution in [2.45, 2.75) is 155 Å². The van der Waals surface area contributed by atoms with Gasteiger partial charge < -0.3 is 0 Å². The molecule has 0 bridgehead atoms. The van der Waals surface area contributed by atoms with Crippen LogP contribution in [0.15, 0.2) is 0 Å². The van der Waals surface area contributed by atoms with E-state index in [4.69, 9.17) is 4.18 Å². The van der Waals surface area contributed by atoms with Crippen molar-refractivity contribution in [3.63, 3.8) is 0 Å². The van der Waals surface area contributed by atoms with E-state index in [2.05, 4.69) is 20.8 Å². The first-order valence-corrected chi connectivity index (χ1v) is 14.3. The molecule has 0 rings (SSSR count). The first-order chi connectivity index (χ1) is 14.8. The van der Waals surface area contributed by atoms with Gasteiger partial charge in [-0.05, 0) is 37.5 Å². The third kappa shape index (κ3) is 13.4. The molecule has 0 aromatic heterocycles. The van der Waals surface area contributed by atoms with Crippen molar-refractivity contribution in [2.75, 3.05) is 0 Å². The van der Waals surface area contributed by atoms with Gasteiger partial charge in [0.05, 0.1) is 5.60 Å². The summed E-state index contributed by atoms with van der Waals surface area (Å²) in [6, 6.07) is 0. The fourth-order valence-corrected chi connectivity index (χ4v) is 5.13. The van der Waals surface area contributed by atoms with Gasteiger partial charge in [0.2, 0.25) is 0 Å². The summed E-state index contributed by atoms with van der Waals surface area (Å²) in [5.74, 6) is 0. The molecule has 0 radical (unpaired) electrons. The molecule has 0 aromatic carbocycles. The minimum absolute atomic E-state index is 0.353. The molecule has 0 aliphatic rings. The summed E-state index contributed by atoms with van der Waals surface area (Å²) < 4.78 is 67.6. The van der Waals surface area contributed by atoms with Crippen molar-refractivity contribution in [1.29, 1.82) is 0 Å². The summed E-state index contributed by atoms with van der Waals surface area (Å²) in [6.07, 6.45) is 15.1. The average molecular weight is 487 g/mol. The molecule has 0 aromatic rings. The zero-order valence-electron chi connectivity index (χ0n) is 21.3. The smallest absolute Gasteiger partial charge is 0.257 e. The highest BCUT2D eigenvalue weighted by molar-refractivity contribution is 7.87. The fourth-order valence-electron chi connectivity index (χ4n) is 4.32. The molecule has 0 aliphatic heterocycles. The van der Waals surface area contributed by atoms with Crippen molar-refractivity contribution in [3.05, 3.63) is 0 Å². The molecule has 0 N–H and O–H groups in total. The summed E-state index contributed by atoms with van der Waals surface area (Å²) in [4.78, 5) is 0. The number of halogens is 3. The van der Waals surface area contributed by atoms with Gasteiger partial charge in [0.15, 0.2) is 0 Å². The van der Waals surface area contributed by atoms with Crippen molar-refractivity contribution in [2.24, 2.45) is 5.41 Å². The predicted octanol–water partition coefficient (Wildman–Crippen LogP) is 9.31. The van der Waals surface area contributed by atoms with E-state index in [9.17, 15) is 21.6 Å². The lowest BCUT2D eigenvalue weighted by molar-refractivity contribution is -0.0694. The zero-order chi connectivity index (χ0) is 24.7. The SMILES string of the molecule is CCCCC(C)(C)CCCCCCCCC(CCCC)(CCCC)OS(=O)(=O)C(F)(F)F. The van der Waals surface area contributed by atoms with Crippen LogP contribution in [0, 0.1) is 5.41 Å².